The monoisotopic (exact) mass is 509 g/mol. The van der Waals surface area contributed by atoms with Gasteiger partial charge in [-0.1, -0.05) is 18.5 Å². The van der Waals surface area contributed by atoms with Crippen molar-refractivity contribution in [1.82, 2.24) is 19.9 Å². The van der Waals surface area contributed by atoms with Gasteiger partial charge in [0.2, 0.25) is 0 Å². The van der Waals surface area contributed by atoms with E-state index in [4.69, 9.17) is 22.1 Å². The molecule has 0 saturated carbocycles. The van der Waals surface area contributed by atoms with Gasteiger partial charge in [0.25, 0.3) is 5.91 Å². The number of nitrogens with zero attached hydrogens (tertiary/aromatic N) is 4. The van der Waals surface area contributed by atoms with Gasteiger partial charge < -0.3 is 15.4 Å². The number of pyridine rings is 1. The van der Waals surface area contributed by atoms with E-state index in [0.717, 1.165) is 11.3 Å². The number of hydrogen-bond acceptors (Lipinski definition) is 7. The maximum atomic E-state index is 15.4. The third-order valence-electron chi connectivity index (χ3n) is 6.89. The molecule has 2 aliphatic heterocycles. The number of ether oxygens (including phenoxy) is 1. The van der Waals surface area contributed by atoms with E-state index in [-0.39, 0.29) is 23.0 Å². The Balaban J connectivity index is 1.46. The van der Waals surface area contributed by atoms with Crippen LogP contribution in [0.15, 0.2) is 36.8 Å². The number of carbonyl (C=O) groups excluding carboxylic acids is 2. The number of piperidine rings is 1. The van der Waals surface area contributed by atoms with Gasteiger partial charge in [0.15, 0.2) is 5.78 Å². The first-order valence-corrected chi connectivity index (χ1v) is 12.2. The minimum Gasteiger partial charge on any atom is -0.384 e. The van der Waals surface area contributed by atoms with Crippen LogP contribution in [0.25, 0.3) is 22.4 Å². The standard InChI is InChI=1S/C26H25ClFN5O3/c1-2-20-22(15-3-4-21(29)30-12-15)24(32-14-31-20)16-9-18(27)23(19(28)10-16)25(35)33-7-5-26(6-8-33)11-17(34)13-36-26/h3-4,9-10,12,14H,2,5-8,11,13H2,1H3,(H2,29,30). The molecule has 1 spiro atoms. The van der Waals surface area contributed by atoms with Crippen LogP contribution < -0.4 is 5.73 Å². The smallest absolute Gasteiger partial charge is 0.258 e. The molecule has 10 heteroatoms. The van der Waals surface area contributed by atoms with Gasteiger partial charge in [-0.15, -0.1) is 0 Å². The van der Waals surface area contributed by atoms with Crippen LogP contribution in [0.1, 0.15) is 42.2 Å². The summed E-state index contributed by atoms with van der Waals surface area (Å²) in [6, 6.07) is 6.32. The summed E-state index contributed by atoms with van der Waals surface area (Å²) in [5.41, 5.74) is 8.17. The summed E-state index contributed by atoms with van der Waals surface area (Å²) in [5.74, 6) is -0.761. The number of aromatic nitrogens is 3. The van der Waals surface area contributed by atoms with Gasteiger partial charge in [0.1, 0.15) is 24.6 Å². The van der Waals surface area contributed by atoms with Gasteiger partial charge in [0.05, 0.1) is 27.6 Å². The number of hydrogen-bond donors (Lipinski definition) is 1. The highest BCUT2D eigenvalue weighted by atomic mass is 35.5. The summed E-state index contributed by atoms with van der Waals surface area (Å²) in [5, 5.41) is 0.000577. The molecule has 2 N–H and O–H groups in total. The van der Waals surface area contributed by atoms with Crippen molar-refractivity contribution in [2.45, 2.75) is 38.2 Å². The molecule has 2 saturated heterocycles. The average molecular weight is 510 g/mol. The third kappa shape index (κ3) is 4.44. The Bertz CT molecular complexity index is 1320. The number of benzene rings is 1. The number of halogens is 2. The second kappa shape index (κ2) is 9.55. The number of likely N-dealkylation sites (tertiary alicyclic amines) is 1. The fourth-order valence-corrected chi connectivity index (χ4v) is 5.26. The first-order valence-electron chi connectivity index (χ1n) is 11.8. The molecule has 2 aliphatic rings. The number of carbonyl (C=O) groups is 2. The van der Waals surface area contributed by atoms with Crippen LogP contribution in [0.4, 0.5) is 10.2 Å². The maximum absolute atomic E-state index is 15.4. The summed E-state index contributed by atoms with van der Waals surface area (Å²) >= 11 is 6.50. The molecule has 1 amide bonds. The predicted molar refractivity (Wildman–Crippen MR) is 133 cm³/mol. The van der Waals surface area contributed by atoms with E-state index in [9.17, 15) is 9.59 Å². The number of nitrogens with two attached hydrogens (primary N) is 1. The highest BCUT2D eigenvalue weighted by Gasteiger charge is 2.43. The van der Waals surface area contributed by atoms with Crippen molar-refractivity contribution < 1.29 is 18.7 Å². The molecule has 36 heavy (non-hydrogen) atoms. The molecule has 0 aliphatic carbocycles. The molecule has 0 radical (unpaired) electrons. The molecule has 5 rings (SSSR count). The Morgan fingerprint density at radius 1 is 1.19 bits per heavy atom. The van der Waals surface area contributed by atoms with Crippen molar-refractivity contribution in [2.75, 3.05) is 25.4 Å². The molecule has 0 bridgehead atoms. The molecule has 8 nitrogen and oxygen atoms in total. The van der Waals surface area contributed by atoms with Crippen LogP contribution in [-0.2, 0) is 16.0 Å². The van der Waals surface area contributed by atoms with Gasteiger partial charge in [-0.2, -0.15) is 0 Å². The Kier molecular flexibility index (Phi) is 6.44. The van der Waals surface area contributed by atoms with Crippen LogP contribution in [0, 0.1) is 5.82 Å². The second-order valence-corrected chi connectivity index (χ2v) is 9.57. The van der Waals surface area contributed by atoms with Gasteiger partial charge in [-0.25, -0.2) is 19.3 Å². The molecule has 0 unspecified atom stereocenters. The Hall–Kier alpha value is -3.43. The molecule has 2 aromatic heterocycles. The molecule has 0 atom stereocenters. The summed E-state index contributed by atoms with van der Waals surface area (Å²) in [6.07, 6.45) is 5.09. The van der Waals surface area contributed by atoms with Crippen LogP contribution in [0.3, 0.4) is 0 Å². The predicted octanol–water partition coefficient (Wildman–Crippen LogP) is 4.11. The molecular formula is C26H25ClFN5O3. The fourth-order valence-electron chi connectivity index (χ4n) is 4.97. The van der Waals surface area contributed by atoms with Crippen molar-refractivity contribution in [3.63, 3.8) is 0 Å². The summed E-state index contributed by atoms with van der Waals surface area (Å²) in [7, 11) is 0. The summed E-state index contributed by atoms with van der Waals surface area (Å²) in [4.78, 5) is 39.4. The largest absolute Gasteiger partial charge is 0.384 e. The van der Waals surface area contributed by atoms with Gasteiger partial charge in [-0.3, -0.25) is 9.59 Å². The summed E-state index contributed by atoms with van der Waals surface area (Å²) in [6.45, 7) is 2.81. The minimum atomic E-state index is -0.729. The highest BCUT2D eigenvalue weighted by Crippen LogP contribution is 2.38. The normalized spacial score (nSPS) is 17.1. The number of anilines is 1. The second-order valence-electron chi connectivity index (χ2n) is 9.16. The first-order chi connectivity index (χ1) is 17.3. The van der Waals surface area contributed by atoms with Crippen LogP contribution in [-0.4, -0.2) is 56.8 Å². The van der Waals surface area contributed by atoms with Gasteiger partial charge in [-0.05, 0) is 43.5 Å². The number of Topliss-reactive ketones (excluding diaryl/α,β-unsaturated/α-hetero) is 1. The van der Waals surface area contributed by atoms with Crippen molar-refractivity contribution in [2.24, 2.45) is 0 Å². The Morgan fingerprint density at radius 3 is 2.58 bits per heavy atom. The highest BCUT2D eigenvalue weighted by molar-refractivity contribution is 6.34. The van der Waals surface area contributed by atoms with E-state index in [1.807, 2.05) is 13.0 Å². The topological polar surface area (TPSA) is 111 Å². The quantitative estimate of drug-likeness (QED) is 0.563. The van der Waals surface area contributed by atoms with Crippen molar-refractivity contribution in [3.05, 3.63) is 58.9 Å². The first kappa shape index (κ1) is 24.3. The Morgan fingerprint density at radius 2 is 1.97 bits per heavy atom. The van der Waals surface area contributed by atoms with Gasteiger partial charge >= 0.3 is 0 Å². The van der Waals surface area contributed by atoms with E-state index in [0.29, 0.717) is 61.4 Å². The van der Waals surface area contributed by atoms with Crippen LogP contribution >= 0.6 is 11.6 Å². The number of nitrogen functional groups attached to an aromatic ring is 1. The molecule has 2 fully saturated rings. The zero-order valence-electron chi connectivity index (χ0n) is 19.8. The zero-order valence-corrected chi connectivity index (χ0v) is 20.5. The number of ketones is 1. The van der Waals surface area contributed by atoms with E-state index in [2.05, 4.69) is 15.0 Å². The van der Waals surface area contributed by atoms with E-state index in [1.54, 1.807) is 23.2 Å². The zero-order chi connectivity index (χ0) is 25.4. The molecule has 1 aromatic carbocycles. The van der Waals surface area contributed by atoms with Crippen LogP contribution in [0.5, 0.6) is 0 Å². The SMILES string of the molecule is CCc1ncnc(-c2cc(F)c(C(=O)N3CCC4(CC3)CC(=O)CO4)c(Cl)c2)c1-c1ccc(N)nc1. The third-order valence-corrected chi connectivity index (χ3v) is 7.18. The lowest BCUT2D eigenvalue weighted by molar-refractivity contribution is -0.118. The maximum Gasteiger partial charge on any atom is 0.258 e. The number of rotatable bonds is 4. The van der Waals surface area contributed by atoms with Gasteiger partial charge in [0, 0.05) is 42.4 Å². The van der Waals surface area contributed by atoms with Crippen LogP contribution in [0.2, 0.25) is 5.02 Å². The number of aryl methyl sites for hydroxylation is 1. The molecule has 186 valence electrons. The van der Waals surface area contributed by atoms with Crippen molar-refractivity contribution >= 4 is 29.1 Å². The molecular weight excluding hydrogens is 485 g/mol. The molecule has 4 heterocycles. The lowest BCUT2D eigenvalue weighted by Gasteiger charge is -2.38. The summed E-state index contributed by atoms with van der Waals surface area (Å²) < 4.78 is 21.1. The minimum absolute atomic E-state index is 0.000577. The number of amides is 1. The molecule has 3 aromatic rings. The van der Waals surface area contributed by atoms with Crippen molar-refractivity contribution in [3.8, 4) is 22.4 Å². The van der Waals surface area contributed by atoms with E-state index < -0.39 is 17.3 Å². The fraction of sp³-hybridized carbons (Fsp3) is 0.346. The lowest BCUT2D eigenvalue weighted by Crippen LogP contribution is -2.46. The Labute approximate surface area is 212 Å². The van der Waals surface area contributed by atoms with E-state index >= 15 is 4.39 Å². The van der Waals surface area contributed by atoms with Crippen molar-refractivity contribution in [1.29, 1.82) is 0 Å². The average Bonchev–Trinajstić information content (AvgIpc) is 3.23. The lowest BCUT2D eigenvalue weighted by atomic mass is 9.88. The van der Waals surface area contributed by atoms with E-state index in [1.165, 1.54) is 12.4 Å².